The fourth-order valence-corrected chi connectivity index (χ4v) is 0.693. The number of ether oxygens (including phenoxy) is 1. The van der Waals surface area contributed by atoms with E-state index in [2.05, 4.69) is 15.5 Å². The van der Waals surface area contributed by atoms with Crippen molar-refractivity contribution in [3.8, 4) is 0 Å². The molecule has 0 saturated heterocycles. The molecule has 0 aromatic carbocycles. The minimum Gasteiger partial charge on any atom is -0.421 e. The predicted molar refractivity (Wildman–Crippen MR) is 37.8 cm³/mol. The van der Waals surface area contributed by atoms with Gasteiger partial charge >= 0.3 is 0 Å². The van der Waals surface area contributed by atoms with Crippen molar-refractivity contribution < 1.29 is 9.15 Å². The van der Waals surface area contributed by atoms with E-state index in [0.29, 0.717) is 24.9 Å². The Morgan fingerprint density at radius 3 is 2.82 bits per heavy atom. The first kappa shape index (κ1) is 8.16. The molecule has 62 valence electrons. The Labute approximate surface area is 64.8 Å². The molecule has 1 rings (SSSR count). The molecule has 0 atom stereocenters. The molecule has 0 aliphatic rings. The lowest BCUT2D eigenvalue weighted by Crippen LogP contribution is -2.04. The lowest BCUT2D eigenvalue weighted by molar-refractivity contribution is 0.158. The van der Waals surface area contributed by atoms with Crippen LogP contribution in [0, 0.1) is 0 Å². The van der Waals surface area contributed by atoms with Gasteiger partial charge in [-0.2, -0.15) is 0 Å². The Bertz CT molecular complexity index is 191. The Morgan fingerprint density at radius 1 is 1.45 bits per heavy atom. The van der Waals surface area contributed by atoms with Crippen LogP contribution < -0.4 is 5.32 Å². The Morgan fingerprint density at radius 2 is 2.18 bits per heavy atom. The zero-order chi connectivity index (χ0) is 8.10. The van der Waals surface area contributed by atoms with Gasteiger partial charge in [-0.05, 0) is 7.05 Å². The van der Waals surface area contributed by atoms with Gasteiger partial charge in [0.25, 0.3) is 0 Å². The Balaban J connectivity index is 2.51. The molecular weight excluding hydrogens is 146 g/mol. The summed E-state index contributed by atoms with van der Waals surface area (Å²) in [5, 5.41) is 10.4. The first-order valence-electron chi connectivity index (χ1n) is 3.31. The van der Waals surface area contributed by atoms with Crippen molar-refractivity contribution >= 4 is 0 Å². The van der Waals surface area contributed by atoms with Crippen LogP contribution in [-0.2, 0) is 17.9 Å². The molecule has 0 aliphatic carbocycles. The van der Waals surface area contributed by atoms with Crippen molar-refractivity contribution in [2.75, 3.05) is 14.2 Å². The molecule has 0 saturated carbocycles. The lowest BCUT2D eigenvalue weighted by Gasteiger charge is -1.90. The molecule has 0 amide bonds. The van der Waals surface area contributed by atoms with E-state index in [4.69, 9.17) is 9.15 Å². The number of hydrogen-bond donors (Lipinski definition) is 1. The zero-order valence-corrected chi connectivity index (χ0v) is 6.63. The summed E-state index contributed by atoms with van der Waals surface area (Å²) in [5.41, 5.74) is 0. The predicted octanol–water partition coefficient (Wildman–Crippen LogP) is -0.0646. The van der Waals surface area contributed by atoms with Crippen molar-refractivity contribution in [2.24, 2.45) is 0 Å². The van der Waals surface area contributed by atoms with Crippen molar-refractivity contribution in [3.05, 3.63) is 11.8 Å². The average Bonchev–Trinajstić information content (AvgIpc) is 2.38. The number of rotatable bonds is 4. The minimum absolute atomic E-state index is 0.372. The smallest absolute Gasteiger partial charge is 0.242 e. The van der Waals surface area contributed by atoms with Crippen LogP contribution in [0.25, 0.3) is 0 Å². The average molecular weight is 157 g/mol. The second kappa shape index (κ2) is 4.05. The number of nitrogens with one attached hydrogen (secondary N) is 1. The third kappa shape index (κ3) is 2.28. The summed E-state index contributed by atoms with van der Waals surface area (Å²) in [6.45, 7) is 0.966. The van der Waals surface area contributed by atoms with E-state index in [9.17, 15) is 0 Å². The van der Waals surface area contributed by atoms with Crippen molar-refractivity contribution in [3.63, 3.8) is 0 Å². The van der Waals surface area contributed by atoms with Gasteiger partial charge in [0.05, 0.1) is 6.54 Å². The van der Waals surface area contributed by atoms with E-state index >= 15 is 0 Å². The Hall–Kier alpha value is -0.940. The summed E-state index contributed by atoms with van der Waals surface area (Å²) in [5.74, 6) is 1.09. The third-order valence-corrected chi connectivity index (χ3v) is 1.10. The zero-order valence-electron chi connectivity index (χ0n) is 6.63. The molecule has 1 heterocycles. The van der Waals surface area contributed by atoms with Crippen molar-refractivity contribution in [2.45, 2.75) is 13.2 Å². The highest BCUT2D eigenvalue weighted by molar-refractivity contribution is 4.78. The third-order valence-electron chi connectivity index (χ3n) is 1.10. The molecule has 1 aromatic heterocycles. The maximum absolute atomic E-state index is 5.15. The second-order valence-corrected chi connectivity index (χ2v) is 2.05. The van der Waals surface area contributed by atoms with E-state index in [0.717, 1.165) is 0 Å². The summed E-state index contributed by atoms with van der Waals surface area (Å²) >= 11 is 0. The van der Waals surface area contributed by atoms with Gasteiger partial charge in [-0.1, -0.05) is 0 Å². The quantitative estimate of drug-likeness (QED) is 0.663. The van der Waals surface area contributed by atoms with E-state index in [-0.39, 0.29) is 0 Å². The number of nitrogens with zero attached hydrogens (tertiary/aromatic N) is 2. The van der Waals surface area contributed by atoms with Crippen LogP contribution in [0.4, 0.5) is 0 Å². The molecule has 5 nitrogen and oxygen atoms in total. The highest BCUT2D eigenvalue weighted by Crippen LogP contribution is 1.99. The van der Waals surface area contributed by atoms with Gasteiger partial charge in [0, 0.05) is 7.11 Å². The maximum atomic E-state index is 5.15. The van der Waals surface area contributed by atoms with Gasteiger partial charge in [-0.3, -0.25) is 0 Å². The first-order chi connectivity index (χ1) is 5.36. The van der Waals surface area contributed by atoms with E-state index in [1.807, 2.05) is 7.05 Å². The standard InChI is InChI=1S/C6H11N3O2/c1-7-3-5-8-9-6(11-5)4-10-2/h7H,3-4H2,1-2H3. The summed E-state index contributed by atoms with van der Waals surface area (Å²) in [6, 6.07) is 0. The van der Waals surface area contributed by atoms with Crippen molar-refractivity contribution in [1.82, 2.24) is 15.5 Å². The van der Waals surface area contributed by atoms with Crippen LogP contribution in [0.3, 0.4) is 0 Å². The van der Waals surface area contributed by atoms with Gasteiger partial charge in [0.15, 0.2) is 0 Å². The van der Waals surface area contributed by atoms with Gasteiger partial charge in [-0.25, -0.2) is 0 Å². The highest BCUT2D eigenvalue weighted by Gasteiger charge is 2.02. The lowest BCUT2D eigenvalue weighted by atomic mass is 10.6. The molecule has 0 unspecified atom stereocenters. The molecular formula is C6H11N3O2. The van der Waals surface area contributed by atoms with Crippen LogP contribution in [-0.4, -0.2) is 24.4 Å². The fraction of sp³-hybridized carbons (Fsp3) is 0.667. The normalized spacial score (nSPS) is 10.4. The van der Waals surface area contributed by atoms with E-state index in [1.54, 1.807) is 7.11 Å². The SMILES string of the molecule is CNCc1nnc(COC)o1. The van der Waals surface area contributed by atoms with Crippen LogP contribution in [0.5, 0.6) is 0 Å². The second-order valence-electron chi connectivity index (χ2n) is 2.05. The summed E-state index contributed by atoms with van der Waals surface area (Å²) in [7, 11) is 3.40. The highest BCUT2D eigenvalue weighted by atomic mass is 16.5. The van der Waals surface area contributed by atoms with Crippen LogP contribution in [0.15, 0.2) is 4.42 Å². The molecule has 0 radical (unpaired) electrons. The maximum Gasteiger partial charge on any atom is 0.242 e. The number of aromatic nitrogens is 2. The topological polar surface area (TPSA) is 60.2 Å². The largest absolute Gasteiger partial charge is 0.421 e. The van der Waals surface area contributed by atoms with Gasteiger partial charge in [0.2, 0.25) is 11.8 Å². The molecule has 1 aromatic rings. The molecule has 0 aliphatic heterocycles. The molecule has 11 heavy (non-hydrogen) atoms. The van der Waals surface area contributed by atoms with Crippen LogP contribution in [0.2, 0.25) is 0 Å². The summed E-state index contributed by atoms with van der Waals surface area (Å²) < 4.78 is 9.96. The van der Waals surface area contributed by atoms with Crippen molar-refractivity contribution in [1.29, 1.82) is 0 Å². The van der Waals surface area contributed by atoms with E-state index < -0.39 is 0 Å². The molecule has 1 N–H and O–H groups in total. The molecule has 0 fully saturated rings. The van der Waals surface area contributed by atoms with Crippen LogP contribution in [0.1, 0.15) is 11.8 Å². The number of methoxy groups -OCH3 is 1. The number of hydrogen-bond acceptors (Lipinski definition) is 5. The Kier molecular flexibility index (Phi) is 3.00. The van der Waals surface area contributed by atoms with Gasteiger partial charge < -0.3 is 14.5 Å². The molecule has 0 spiro atoms. The van der Waals surface area contributed by atoms with Crippen LogP contribution >= 0.6 is 0 Å². The van der Waals surface area contributed by atoms with Gasteiger partial charge in [0.1, 0.15) is 6.61 Å². The summed E-state index contributed by atoms with van der Waals surface area (Å²) in [4.78, 5) is 0. The van der Waals surface area contributed by atoms with E-state index in [1.165, 1.54) is 0 Å². The fourth-order valence-electron chi connectivity index (χ4n) is 0.693. The minimum atomic E-state index is 0.372. The van der Waals surface area contributed by atoms with Gasteiger partial charge in [-0.15, -0.1) is 10.2 Å². The monoisotopic (exact) mass is 157 g/mol. The summed E-state index contributed by atoms with van der Waals surface area (Å²) in [6.07, 6.45) is 0. The molecule has 0 bridgehead atoms. The molecule has 5 heteroatoms. The first-order valence-corrected chi connectivity index (χ1v) is 3.31.